The van der Waals surface area contributed by atoms with Crippen LogP contribution in [0.25, 0.3) is 11.1 Å². The Balaban J connectivity index is 1.73. The molecule has 1 aliphatic carbocycles. The van der Waals surface area contributed by atoms with E-state index in [1.165, 1.54) is 6.20 Å². The van der Waals surface area contributed by atoms with Crippen LogP contribution in [0.15, 0.2) is 67.0 Å². The molecule has 1 aliphatic rings. The molecule has 34 heavy (non-hydrogen) atoms. The number of carbonyl (C=O) groups excluding carboxylic acids is 2. The summed E-state index contributed by atoms with van der Waals surface area (Å²) in [4.78, 5) is 42.8. The van der Waals surface area contributed by atoms with Crippen LogP contribution < -0.4 is 5.32 Å². The fourth-order valence-corrected chi connectivity index (χ4v) is 4.01. The molecule has 1 heterocycles. The van der Waals surface area contributed by atoms with Gasteiger partial charge in [-0.2, -0.15) is 0 Å². The number of nitrogens with zero attached hydrogens (tertiary/aromatic N) is 2. The van der Waals surface area contributed by atoms with Crippen LogP contribution in [-0.2, 0) is 29.1 Å². The van der Waals surface area contributed by atoms with E-state index in [1.54, 1.807) is 31.4 Å². The minimum Gasteiger partial charge on any atom is -0.481 e. The summed E-state index contributed by atoms with van der Waals surface area (Å²) in [5.41, 5.74) is 4.48. The lowest BCUT2D eigenvalue weighted by Gasteiger charge is -2.25. The molecule has 0 bridgehead atoms. The molecular formula is C27H27N3O4. The molecule has 4 rings (SSSR count). The smallest absolute Gasteiger partial charge is 0.307 e. The van der Waals surface area contributed by atoms with Crippen LogP contribution in [0.5, 0.6) is 0 Å². The number of carbonyl (C=O) groups is 3. The second kappa shape index (κ2) is 10.3. The van der Waals surface area contributed by atoms with Gasteiger partial charge in [-0.05, 0) is 53.3 Å². The molecular weight excluding hydrogens is 430 g/mol. The van der Waals surface area contributed by atoms with Gasteiger partial charge in [0.15, 0.2) is 0 Å². The second-order valence-corrected chi connectivity index (χ2v) is 8.56. The number of aromatic nitrogens is 1. The van der Waals surface area contributed by atoms with Gasteiger partial charge in [0.2, 0.25) is 5.91 Å². The summed E-state index contributed by atoms with van der Waals surface area (Å²) in [5.74, 6) is -0.986. The second-order valence-electron chi connectivity index (χ2n) is 8.56. The summed E-state index contributed by atoms with van der Waals surface area (Å²) in [6.45, 7) is 0.796. The summed E-state index contributed by atoms with van der Waals surface area (Å²) >= 11 is 0. The van der Waals surface area contributed by atoms with E-state index in [4.69, 9.17) is 5.11 Å². The molecule has 0 atom stereocenters. The number of pyridine rings is 1. The number of nitrogens with one attached hydrogen (secondary N) is 1. The normalized spacial score (nSPS) is 12.7. The maximum Gasteiger partial charge on any atom is 0.307 e. The Labute approximate surface area is 198 Å². The van der Waals surface area contributed by atoms with Gasteiger partial charge in [0.05, 0.1) is 6.42 Å². The molecule has 3 aromatic rings. The van der Waals surface area contributed by atoms with E-state index in [9.17, 15) is 14.4 Å². The Hall–Kier alpha value is -4.00. The van der Waals surface area contributed by atoms with E-state index in [1.807, 2.05) is 41.3 Å². The minimum atomic E-state index is -0.932. The number of aliphatic carboxylic acids is 1. The molecule has 2 N–H and O–H groups in total. The first kappa shape index (κ1) is 23.2. The Morgan fingerprint density at radius 2 is 1.76 bits per heavy atom. The third-order valence-electron chi connectivity index (χ3n) is 5.87. The summed E-state index contributed by atoms with van der Waals surface area (Å²) in [7, 11) is 1.58. The van der Waals surface area contributed by atoms with E-state index in [0.717, 1.165) is 35.1 Å². The lowest BCUT2D eigenvalue weighted by molar-refractivity contribution is -0.136. The molecule has 0 saturated heterocycles. The zero-order valence-electron chi connectivity index (χ0n) is 19.0. The van der Waals surface area contributed by atoms with E-state index < -0.39 is 5.97 Å². The Kier molecular flexibility index (Phi) is 7.01. The highest BCUT2D eigenvalue weighted by Gasteiger charge is 2.33. The number of amides is 2. The molecule has 1 aromatic heterocycles. The molecule has 1 fully saturated rings. The van der Waals surface area contributed by atoms with Gasteiger partial charge < -0.3 is 15.3 Å². The van der Waals surface area contributed by atoms with Crippen molar-refractivity contribution in [2.75, 3.05) is 7.05 Å². The topological polar surface area (TPSA) is 99.6 Å². The molecule has 7 nitrogen and oxygen atoms in total. The van der Waals surface area contributed by atoms with Crippen molar-refractivity contribution in [1.82, 2.24) is 15.2 Å². The summed E-state index contributed by atoms with van der Waals surface area (Å²) in [6, 6.07) is 17.0. The number of carboxylic acid groups (broad SMARTS) is 1. The lowest BCUT2D eigenvalue weighted by atomic mass is 9.96. The van der Waals surface area contributed by atoms with Gasteiger partial charge in [-0.15, -0.1) is 0 Å². The van der Waals surface area contributed by atoms with Gasteiger partial charge >= 0.3 is 5.97 Å². The molecule has 7 heteroatoms. The van der Waals surface area contributed by atoms with Crippen molar-refractivity contribution < 1.29 is 19.5 Å². The molecule has 0 radical (unpaired) electrons. The van der Waals surface area contributed by atoms with Crippen LogP contribution >= 0.6 is 0 Å². The highest BCUT2D eigenvalue weighted by Crippen LogP contribution is 2.33. The van der Waals surface area contributed by atoms with Crippen molar-refractivity contribution in [3.63, 3.8) is 0 Å². The fourth-order valence-electron chi connectivity index (χ4n) is 4.01. The number of benzene rings is 2. The Morgan fingerprint density at radius 1 is 1.00 bits per heavy atom. The lowest BCUT2D eigenvalue weighted by Crippen LogP contribution is -2.31. The first-order valence-corrected chi connectivity index (χ1v) is 11.3. The highest BCUT2D eigenvalue weighted by atomic mass is 16.4. The maximum atomic E-state index is 13.2. The quantitative estimate of drug-likeness (QED) is 0.511. The molecule has 2 aromatic carbocycles. The van der Waals surface area contributed by atoms with Gasteiger partial charge in [0.1, 0.15) is 0 Å². The maximum absolute atomic E-state index is 13.2. The van der Waals surface area contributed by atoms with Gasteiger partial charge in [-0.1, -0.05) is 36.4 Å². The van der Waals surface area contributed by atoms with Crippen LogP contribution in [0.2, 0.25) is 0 Å². The van der Waals surface area contributed by atoms with Crippen LogP contribution in [0.3, 0.4) is 0 Å². The molecule has 0 spiro atoms. The largest absolute Gasteiger partial charge is 0.481 e. The number of hydrogen-bond donors (Lipinski definition) is 2. The van der Waals surface area contributed by atoms with Gasteiger partial charge in [-0.25, -0.2) is 0 Å². The van der Waals surface area contributed by atoms with Crippen molar-refractivity contribution >= 4 is 17.8 Å². The van der Waals surface area contributed by atoms with Crippen LogP contribution in [-0.4, -0.2) is 39.8 Å². The summed E-state index contributed by atoms with van der Waals surface area (Å²) in [5, 5.41) is 11.8. The van der Waals surface area contributed by atoms with E-state index in [-0.39, 0.29) is 24.2 Å². The zero-order chi connectivity index (χ0) is 24.1. The first-order chi connectivity index (χ1) is 16.4. The standard InChI is InChI=1S/C27H27N3O4/c1-28-26(33)21-9-10-24(22-11-19(12-25(31)32)14-29-15-22)23(13-21)17-30(27(34)20-7-8-20)16-18-5-3-2-4-6-18/h2-6,9-11,13-15,20H,7-8,12,16-17H2,1H3,(H,28,33)(H,31,32). The monoisotopic (exact) mass is 457 g/mol. The van der Waals surface area contributed by atoms with Crippen molar-refractivity contribution in [1.29, 1.82) is 0 Å². The summed E-state index contributed by atoms with van der Waals surface area (Å²) in [6.07, 6.45) is 4.88. The van der Waals surface area contributed by atoms with Gasteiger partial charge in [0, 0.05) is 49.6 Å². The van der Waals surface area contributed by atoms with E-state index in [0.29, 0.717) is 24.2 Å². The molecule has 0 unspecified atom stereocenters. The predicted octanol–water partition coefficient (Wildman–Crippen LogP) is 3.67. The minimum absolute atomic E-state index is 0.0508. The fraction of sp³-hybridized carbons (Fsp3) is 0.259. The SMILES string of the molecule is CNC(=O)c1ccc(-c2cncc(CC(=O)O)c2)c(CN(Cc2ccccc2)C(=O)C2CC2)c1. The van der Waals surface area contributed by atoms with E-state index in [2.05, 4.69) is 10.3 Å². The third kappa shape index (κ3) is 5.67. The van der Waals surface area contributed by atoms with Gasteiger partial charge in [-0.3, -0.25) is 19.4 Å². The first-order valence-electron chi connectivity index (χ1n) is 11.3. The Bertz CT molecular complexity index is 1210. The molecule has 0 aliphatic heterocycles. The summed E-state index contributed by atoms with van der Waals surface area (Å²) < 4.78 is 0. The number of rotatable bonds is 9. The predicted molar refractivity (Wildman–Crippen MR) is 128 cm³/mol. The van der Waals surface area contributed by atoms with Crippen LogP contribution in [0, 0.1) is 5.92 Å². The van der Waals surface area contributed by atoms with Crippen molar-refractivity contribution in [3.05, 3.63) is 89.2 Å². The van der Waals surface area contributed by atoms with E-state index >= 15 is 0 Å². The molecule has 2 amide bonds. The van der Waals surface area contributed by atoms with Crippen molar-refractivity contribution in [2.45, 2.75) is 32.4 Å². The van der Waals surface area contributed by atoms with Crippen LogP contribution in [0.1, 0.15) is 39.9 Å². The highest BCUT2D eigenvalue weighted by molar-refractivity contribution is 5.95. The zero-order valence-corrected chi connectivity index (χ0v) is 19.0. The third-order valence-corrected chi connectivity index (χ3v) is 5.87. The molecule has 1 saturated carbocycles. The van der Waals surface area contributed by atoms with Crippen molar-refractivity contribution in [3.8, 4) is 11.1 Å². The number of carboxylic acids is 1. The number of hydrogen-bond acceptors (Lipinski definition) is 4. The molecule has 174 valence electrons. The van der Waals surface area contributed by atoms with Crippen molar-refractivity contribution in [2.24, 2.45) is 5.92 Å². The average molecular weight is 458 g/mol. The van der Waals surface area contributed by atoms with Gasteiger partial charge in [0.25, 0.3) is 5.91 Å². The van der Waals surface area contributed by atoms with Crippen LogP contribution in [0.4, 0.5) is 0 Å². The average Bonchev–Trinajstić information content (AvgIpc) is 3.68. The Morgan fingerprint density at radius 3 is 2.44 bits per heavy atom.